The molecule has 0 fully saturated rings. The van der Waals surface area contributed by atoms with Crippen molar-refractivity contribution in [3.63, 3.8) is 0 Å². The number of alkyl halides is 2. The van der Waals surface area contributed by atoms with E-state index >= 15 is 0 Å². The van der Waals surface area contributed by atoms with E-state index in [1.165, 1.54) is 0 Å². The van der Waals surface area contributed by atoms with Gasteiger partial charge in [-0.3, -0.25) is 0 Å². The Morgan fingerprint density at radius 1 is 0.833 bits per heavy atom. The summed E-state index contributed by atoms with van der Waals surface area (Å²) in [6, 6.07) is 10.4. The molecule has 2 rings (SSSR count). The average molecular weight is 256 g/mol. The zero-order chi connectivity index (χ0) is 13.1. The number of rotatable bonds is 3. The molecule has 0 saturated carbocycles. The van der Waals surface area contributed by atoms with E-state index in [0.29, 0.717) is 5.56 Å². The molecule has 2 aromatic carbocycles. The Kier molecular flexibility index (Phi) is 3.50. The molecule has 0 aliphatic carbocycles. The fourth-order valence-corrected chi connectivity index (χ4v) is 1.56. The summed E-state index contributed by atoms with van der Waals surface area (Å²) in [6.07, 6.45) is 0. The third kappa shape index (κ3) is 2.61. The van der Waals surface area contributed by atoms with Crippen molar-refractivity contribution in [1.82, 2.24) is 0 Å². The van der Waals surface area contributed by atoms with Gasteiger partial charge in [0, 0.05) is 0 Å². The van der Waals surface area contributed by atoms with Crippen LogP contribution in [-0.2, 0) is 0 Å². The Bertz CT molecular complexity index is 517. The Morgan fingerprint density at radius 3 is 1.89 bits per heavy atom. The van der Waals surface area contributed by atoms with Crippen LogP contribution in [-0.4, -0.2) is 6.61 Å². The van der Waals surface area contributed by atoms with Gasteiger partial charge in [-0.2, -0.15) is 8.78 Å². The standard InChI is InChI=1S/C13H8F4O/c14-10-6-9(8-4-2-1-3-5-8)7-11(15)12(10)18-13(16)17/h1-7,13H. The van der Waals surface area contributed by atoms with Gasteiger partial charge in [0.25, 0.3) is 0 Å². The molecule has 0 bridgehead atoms. The lowest BCUT2D eigenvalue weighted by atomic mass is 10.1. The summed E-state index contributed by atoms with van der Waals surface area (Å²) >= 11 is 0. The van der Waals surface area contributed by atoms with Gasteiger partial charge in [0.05, 0.1) is 0 Å². The average Bonchev–Trinajstić information content (AvgIpc) is 2.34. The fraction of sp³-hybridized carbons (Fsp3) is 0.0769. The van der Waals surface area contributed by atoms with Gasteiger partial charge in [-0.05, 0) is 23.3 Å². The van der Waals surface area contributed by atoms with Gasteiger partial charge >= 0.3 is 6.61 Å². The monoisotopic (exact) mass is 256 g/mol. The summed E-state index contributed by atoms with van der Waals surface area (Å²) in [7, 11) is 0. The molecule has 0 aliphatic rings. The highest BCUT2D eigenvalue weighted by Gasteiger charge is 2.17. The summed E-state index contributed by atoms with van der Waals surface area (Å²) < 4.78 is 54.6. The molecule has 0 spiro atoms. The van der Waals surface area contributed by atoms with E-state index in [4.69, 9.17) is 0 Å². The maximum atomic E-state index is 13.5. The molecule has 0 N–H and O–H groups in total. The van der Waals surface area contributed by atoms with E-state index in [2.05, 4.69) is 4.74 Å². The quantitative estimate of drug-likeness (QED) is 0.746. The first-order valence-electron chi connectivity index (χ1n) is 5.07. The van der Waals surface area contributed by atoms with Crippen molar-refractivity contribution in [2.24, 2.45) is 0 Å². The van der Waals surface area contributed by atoms with Crippen molar-refractivity contribution in [2.75, 3.05) is 0 Å². The molecular weight excluding hydrogens is 248 g/mol. The Hall–Kier alpha value is -2.04. The van der Waals surface area contributed by atoms with Crippen LogP contribution in [0.2, 0.25) is 0 Å². The van der Waals surface area contributed by atoms with Crippen LogP contribution in [0.5, 0.6) is 5.75 Å². The molecule has 0 aromatic heterocycles. The molecule has 0 saturated heterocycles. The second-order valence-electron chi connectivity index (χ2n) is 3.51. The first kappa shape index (κ1) is 12.4. The molecule has 18 heavy (non-hydrogen) atoms. The van der Waals surface area contributed by atoms with Gasteiger partial charge in [0.1, 0.15) is 0 Å². The molecule has 1 nitrogen and oxygen atoms in total. The fourth-order valence-electron chi connectivity index (χ4n) is 1.56. The molecule has 0 heterocycles. The lowest BCUT2D eigenvalue weighted by Crippen LogP contribution is -2.05. The van der Waals surface area contributed by atoms with E-state index in [1.807, 2.05) is 0 Å². The van der Waals surface area contributed by atoms with Crippen LogP contribution in [0.25, 0.3) is 11.1 Å². The van der Waals surface area contributed by atoms with E-state index in [9.17, 15) is 17.6 Å². The predicted octanol–water partition coefficient (Wildman–Crippen LogP) is 4.23. The lowest BCUT2D eigenvalue weighted by Gasteiger charge is -2.09. The molecule has 2 aromatic rings. The predicted molar refractivity (Wildman–Crippen MR) is 58.4 cm³/mol. The maximum absolute atomic E-state index is 13.5. The van der Waals surface area contributed by atoms with Crippen molar-refractivity contribution in [3.8, 4) is 16.9 Å². The number of ether oxygens (including phenoxy) is 1. The summed E-state index contributed by atoms with van der Waals surface area (Å²) in [4.78, 5) is 0. The van der Waals surface area contributed by atoms with E-state index in [-0.39, 0.29) is 5.56 Å². The zero-order valence-electron chi connectivity index (χ0n) is 9.04. The van der Waals surface area contributed by atoms with Crippen molar-refractivity contribution in [2.45, 2.75) is 6.61 Å². The molecule has 0 amide bonds. The normalized spacial score (nSPS) is 10.7. The number of hydrogen-bond donors (Lipinski definition) is 0. The van der Waals surface area contributed by atoms with E-state index in [0.717, 1.165) is 12.1 Å². The molecule has 0 unspecified atom stereocenters. The van der Waals surface area contributed by atoms with Crippen LogP contribution in [0.4, 0.5) is 17.6 Å². The van der Waals surface area contributed by atoms with Gasteiger partial charge < -0.3 is 4.74 Å². The minimum absolute atomic E-state index is 0.257. The van der Waals surface area contributed by atoms with Crippen LogP contribution in [0.15, 0.2) is 42.5 Å². The lowest BCUT2D eigenvalue weighted by molar-refractivity contribution is -0.0546. The highest BCUT2D eigenvalue weighted by atomic mass is 19.3. The molecule has 5 heteroatoms. The summed E-state index contributed by atoms with van der Waals surface area (Å²) in [5.74, 6) is -3.38. The third-order valence-corrected chi connectivity index (χ3v) is 2.31. The minimum atomic E-state index is -3.27. The molecule has 94 valence electrons. The van der Waals surface area contributed by atoms with Gasteiger partial charge in [0.15, 0.2) is 17.4 Å². The van der Waals surface area contributed by atoms with Crippen LogP contribution in [0, 0.1) is 11.6 Å². The first-order chi connectivity index (χ1) is 8.58. The van der Waals surface area contributed by atoms with Gasteiger partial charge in [-0.25, -0.2) is 8.78 Å². The second-order valence-corrected chi connectivity index (χ2v) is 3.51. The molecule has 0 atom stereocenters. The topological polar surface area (TPSA) is 9.23 Å². The van der Waals surface area contributed by atoms with Crippen molar-refractivity contribution >= 4 is 0 Å². The van der Waals surface area contributed by atoms with Gasteiger partial charge in [-0.1, -0.05) is 30.3 Å². The van der Waals surface area contributed by atoms with Crippen molar-refractivity contribution in [3.05, 3.63) is 54.1 Å². The van der Waals surface area contributed by atoms with Crippen LogP contribution >= 0.6 is 0 Å². The molecular formula is C13H8F4O. The highest BCUT2D eigenvalue weighted by Crippen LogP contribution is 2.29. The maximum Gasteiger partial charge on any atom is 0.387 e. The Morgan fingerprint density at radius 2 is 1.39 bits per heavy atom. The van der Waals surface area contributed by atoms with Gasteiger partial charge in [-0.15, -0.1) is 0 Å². The second kappa shape index (κ2) is 5.08. The van der Waals surface area contributed by atoms with Crippen molar-refractivity contribution < 1.29 is 22.3 Å². The summed E-state index contributed by atoms with van der Waals surface area (Å²) in [5, 5.41) is 0. The number of hydrogen-bond acceptors (Lipinski definition) is 1. The SMILES string of the molecule is Fc1cc(-c2ccccc2)cc(F)c1OC(F)F. The highest BCUT2D eigenvalue weighted by molar-refractivity contribution is 5.64. The smallest absolute Gasteiger partial charge is 0.387 e. The van der Waals surface area contributed by atoms with Crippen molar-refractivity contribution in [1.29, 1.82) is 0 Å². The number of benzene rings is 2. The molecule has 0 aliphatic heterocycles. The van der Waals surface area contributed by atoms with E-state index < -0.39 is 24.0 Å². The third-order valence-electron chi connectivity index (χ3n) is 2.31. The van der Waals surface area contributed by atoms with Crippen LogP contribution < -0.4 is 4.74 Å². The first-order valence-corrected chi connectivity index (χ1v) is 5.07. The minimum Gasteiger partial charge on any atom is -0.429 e. The summed E-state index contributed by atoms with van der Waals surface area (Å²) in [6.45, 7) is -3.27. The summed E-state index contributed by atoms with van der Waals surface area (Å²) in [5.41, 5.74) is 0.839. The van der Waals surface area contributed by atoms with Crippen LogP contribution in [0.1, 0.15) is 0 Å². The van der Waals surface area contributed by atoms with Crippen LogP contribution in [0.3, 0.4) is 0 Å². The van der Waals surface area contributed by atoms with E-state index in [1.54, 1.807) is 30.3 Å². The number of halogens is 4. The van der Waals surface area contributed by atoms with Gasteiger partial charge in [0.2, 0.25) is 0 Å². The zero-order valence-corrected chi connectivity index (χ0v) is 9.04. The Labute approximate surface area is 101 Å². The largest absolute Gasteiger partial charge is 0.429 e. The Balaban J connectivity index is 2.43. The molecule has 0 radical (unpaired) electrons.